The van der Waals surface area contributed by atoms with Crippen LogP contribution in [-0.4, -0.2) is 46.5 Å². The lowest BCUT2D eigenvalue weighted by Gasteiger charge is -2.14. The fourth-order valence-corrected chi connectivity index (χ4v) is 2.20. The summed E-state index contributed by atoms with van der Waals surface area (Å²) in [5, 5.41) is 15.7. The number of carbonyl (C=O) groups excluding carboxylic acids is 1. The van der Waals surface area contributed by atoms with Crippen molar-refractivity contribution in [2.24, 2.45) is 0 Å². The van der Waals surface area contributed by atoms with E-state index in [9.17, 15) is 14.0 Å². The van der Waals surface area contributed by atoms with Crippen LogP contribution in [0.5, 0.6) is 0 Å². The number of carbonyl (C=O) groups is 2. The molecule has 0 radical (unpaired) electrons. The first-order valence-electron chi connectivity index (χ1n) is 7.27. The Morgan fingerprint density at radius 3 is 2.62 bits per heavy atom. The SMILES string of the molecule is COCCC(NC(=O)c1cnn(-c2ccc(F)cc2)c1C)C(=O)O. The zero-order valence-electron chi connectivity index (χ0n) is 13.3. The highest BCUT2D eigenvalue weighted by atomic mass is 19.1. The van der Waals surface area contributed by atoms with Gasteiger partial charge >= 0.3 is 5.97 Å². The van der Waals surface area contributed by atoms with Gasteiger partial charge in [0.1, 0.15) is 11.9 Å². The lowest BCUT2D eigenvalue weighted by molar-refractivity contribution is -0.139. The molecule has 1 aromatic heterocycles. The van der Waals surface area contributed by atoms with E-state index in [1.807, 2.05) is 0 Å². The number of carboxylic acids is 1. The molecule has 128 valence electrons. The average Bonchev–Trinajstić information content (AvgIpc) is 2.93. The van der Waals surface area contributed by atoms with E-state index in [2.05, 4.69) is 10.4 Å². The molecule has 7 nitrogen and oxygen atoms in total. The fourth-order valence-electron chi connectivity index (χ4n) is 2.20. The molecule has 0 saturated carbocycles. The number of nitrogens with zero attached hydrogens (tertiary/aromatic N) is 2. The van der Waals surface area contributed by atoms with E-state index in [-0.39, 0.29) is 24.4 Å². The number of aliphatic carboxylic acids is 1. The Hall–Kier alpha value is -2.74. The van der Waals surface area contributed by atoms with Crippen molar-refractivity contribution in [3.05, 3.63) is 47.5 Å². The third-order valence-electron chi connectivity index (χ3n) is 3.54. The molecule has 0 spiro atoms. The fraction of sp³-hybridized carbons (Fsp3) is 0.312. The first-order chi connectivity index (χ1) is 11.4. The van der Waals surface area contributed by atoms with E-state index in [0.717, 1.165) is 0 Å². The second-order valence-electron chi connectivity index (χ2n) is 5.18. The number of halogens is 1. The Balaban J connectivity index is 2.18. The van der Waals surface area contributed by atoms with Gasteiger partial charge < -0.3 is 15.2 Å². The molecule has 2 rings (SSSR count). The predicted molar refractivity (Wildman–Crippen MR) is 83.6 cm³/mol. The summed E-state index contributed by atoms with van der Waals surface area (Å²) in [5.41, 5.74) is 1.38. The number of aromatic nitrogens is 2. The van der Waals surface area contributed by atoms with Crippen LogP contribution in [0.1, 0.15) is 22.5 Å². The lowest BCUT2D eigenvalue weighted by Crippen LogP contribution is -2.41. The zero-order valence-corrected chi connectivity index (χ0v) is 13.3. The van der Waals surface area contributed by atoms with E-state index in [1.165, 1.54) is 42.3 Å². The molecule has 0 aliphatic carbocycles. The molecule has 2 N–H and O–H groups in total. The van der Waals surface area contributed by atoms with Gasteiger partial charge in [-0.25, -0.2) is 13.9 Å². The minimum atomic E-state index is -1.14. The van der Waals surface area contributed by atoms with E-state index in [1.54, 1.807) is 6.92 Å². The van der Waals surface area contributed by atoms with Crippen molar-refractivity contribution < 1.29 is 23.8 Å². The van der Waals surface area contributed by atoms with Crippen LogP contribution in [0.2, 0.25) is 0 Å². The van der Waals surface area contributed by atoms with Crippen LogP contribution in [0, 0.1) is 12.7 Å². The quantitative estimate of drug-likeness (QED) is 0.800. The molecule has 0 aliphatic rings. The third-order valence-corrected chi connectivity index (χ3v) is 3.54. The normalized spacial score (nSPS) is 12.0. The van der Waals surface area contributed by atoms with Crippen molar-refractivity contribution in [3.63, 3.8) is 0 Å². The van der Waals surface area contributed by atoms with Crippen LogP contribution in [0.4, 0.5) is 4.39 Å². The molecule has 24 heavy (non-hydrogen) atoms. The molecule has 0 aliphatic heterocycles. The number of nitrogens with one attached hydrogen (secondary N) is 1. The summed E-state index contributed by atoms with van der Waals surface area (Å²) in [6, 6.07) is 4.61. The third kappa shape index (κ3) is 3.96. The van der Waals surface area contributed by atoms with E-state index in [4.69, 9.17) is 9.84 Å². The Kier molecular flexibility index (Phi) is 5.64. The number of carboxylic acid groups (broad SMARTS) is 1. The molecule has 2 aromatic rings. The van der Waals surface area contributed by atoms with Crippen molar-refractivity contribution >= 4 is 11.9 Å². The van der Waals surface area contributed by atoms with Gasteiger partial charge in [-0.05, 0) is 31.2 Å². The standard InChI is InChI=1S/C16H18FN3O4/c1-10-13(15(21)19-14(16(22)23)7-8-24-2)9-18-20(10)12-5-3-11(17)4-6-12/h3-6,9,14H,7-8H2,1-2H3,(H,19,21)(H,22,23). The molecule has 8 heteroatoms. The minimum Gasteiger partial charge on any atom is -0.480 e. The number of hydrogen-bond donors (Lipinski definition) is 2. The Labute approximate surface area is 138 Å². The maximum atomic E-state index is 13.0. The first kappa shape index (κ1) is 17.6. The summed E-state index contributed by atoms with van der Waals surface area (Å²) >= 11 is 0. The predicted octanol–water partition coefficient (Wildman–Crippen LogP) is 1.54. The zero-order chi connectivity index (χ0) is 17.7. The van der Waals surface area contributed by atoms with Gasteiger partial charge in [-0.2, -0.15) is 5.10 Å². The second kappa shape index (κ2) is 7.69. The number of amides is 1. The number of ether oxygens (including phenoxy) is 1. The Morgan fingerprint density at radius 2 is 2.04 bits per heavy atom. The largest absolute Gasteiger partial charge is 0.480 e. The number of methoxy groups -OCH3 is 1. The molecule has 1 heterocycles. The summed E-state index contributed by atoms with van der Waals surface area (Å²) < 4.78 is 19.3. The van der Waals surface area contributed by atoms with Crippen molar-refractivity contribution in [3.8, 4) is 5.69 Å². The molecule has 1 aromatic carbocycles. The summed E-state index contributed by atoms with van der Waals surface area (Å²) in [6.07, 6.45) is 1.51. The molecule has 0 fully saturated rings. The summed E-state index contributed by atoms with van der Waals surface area (Å²) in [7, 11) is 1.46. The molecule has 1 unspecified atom stereocenters. The van der Waals surface area contributed by atoms with Gasteiger partial charge in [-0.3, -0.25) is 4.79 Å². The van der Waals surface area contributed by atoms with Gasteiger partial charge in [0.25, 0.3) is 5.91 Å². The monoisotopic (exact) mass is 335 g/mol. The Bertz CT molecular complexity index is 727. The van der Waals surface area contributed by atoms with Gasteiger partial charge in [0.05, 0.1) is 23.1 Å². The van der Waals surface area contributed by atoms with Crippen LogP contribution in [0.3, 0.4) is 0 Å². The van der Waals surface area contributed by atoms with E-state index < -0.39 is 17.9 Å². The summed E-state index contributed by atoms with van der Waals surface area (Å²) in [6.45, 7) is 1.89. The van der Waals surface area contributed by atoms with Crippen molar-refractivity contribution in [1.82, 2.24) is 15.1 Å². The van der Waals surface area contributed by atoms with E-state index in [0.29, 0.717) is 11.4 Å². The summed E-state index contributed by atoms with van der Waals surface area (Å²) in [4.78, 5) is 23.5. The van der Waals surface area contributed by atoms with Crippen LogP contribution in [0.15, 0.2) is 30.5 Å². The number of hydrogen-bond acceptors (Lipinski definition) is 4. The maximum Gasteiger partial charge on any atom is 0.326 e. The summed E-state index contributed by atoms with van der Waals surface area (Å²) in [5.74, 6) is -2.04. The highest BCUT2D eigenvalue weighted by Crippen LogP contribution is 2.15. The number of rotatable bonds is 7. The smallest absolute Gasteiger partial charge is 0.326 e. The van der Waals surface area contributed by atoms with Crippen molar-refractivity contribution in [2.75, 3.05) is 13.7 Å². The topological polar surface area (TPSA) is 93.5 Å². The van der Waals surface area contributed by atoms with Gasteiger partial charge in [0, 0.05) is 20.1 Å². The molecule has 0 saturated heterocycles. The number of benzene rings is 1. The van der Waals surface area contributed by atoms with Gasteiger partial charge in [0.2, 0.25) is 0 Å². The Morgan fingerprint density at radius 1 is 1.38 bits per heavy atom. The molecular weight excluding hydrogens is 317 g/mol. The van der Waals surface area contributed by atoms with Crippen molar-refractivity contribution in [2.45, 2.75) is 19.4 Å². The van der Waals surface area contributed by atoms with Crippen LogP contribution >= 0.6 is 0 Å². The van der Waals surface area contributed by atoms with Crippen LogP contribution < -0.4 is 5.32 Å². The second-order valence-corrected chi connectivity index (χ2v) is 5.18. The van der Waals surface area contributed by atoms with Crippen molar-refractivity contribution in [1.29, 1.82) is 0 Å². The maximum absolute atomic E-state index is 13.0. The van der Waals surface area contributed by atoms with Crippen LogP contribution in [-0.2, 0) is 9.53 Å². The van der Waals surface area contributed by atoms with E-state index >= 15 is 0 Å². The minimum absolute atomic E-state index is 0.155. The molecular formula is C16H18FN3O4. The molecule has 1 atom stereocenters. The van der Waals surface area contributed by atoms with Gasteiger partial charge in [-0.1, -0.05) is 0 Å². The average molecular weight is 335 g/mol. The highest BCUT2D eigenvalue weighted by molar-refractivity contribution is 5.97. The highest BCUT2D eigenvalue weighted by Gasteiger charge is 2.23. The lowest BCUT2D eigenvalue weighted by atomic mass is 10.2. The van der Waals surface area contributed by atoms with Crippen LogP contribution in [0.25, 0.3) is 5.69 Å². The molecule has 1 amide bonds. The first-order valence-corrected chi connectivity index (χ1v) is 7.27. The van der Waals surface area contributed by atoms with Gasteiger partial charge in [-0.15, -0.1) is 0 Å². The molecule has 0 bridgehead atoms. The van der Waals surface area contributed by atoms with Gasteiger partial charge in [0.15, 0.2) is 0 Å².